The minimum Gasteiger partial charge on any atom is -0.662 e. The zero-order chi connectivity index (χ0) is 10.2. The number of hydrogen-bond donors (Lipinski definition) is 1. The first kappa shape index (κ1) is 17.4. The van der Waals surface area contributed by atoms with E-state index in [1.807, 2.05) is 20.9 Å². The van der Waals surface area contributed by atoms with Gasteiger partial charge in [-0.3, -0.25) is 0 Å². The Kier molecular flexibility index (Phi) is 13.0. The van der Waals surface area contributed by atoms with E-state index in [0.29, 0.717) is 5.41 Å². The zero-order valence-electron chi connectivity index (χ0n) is 10.2. The predicted octanol–water partition coefficient (Wildman–Crippen LogP) is 2.80. The molecule has 2 nitrogen and oxygen atoms in total. The van der Waals surface area contributed by atoms with Gasteiger partial charge in [-0.1, -0.05) is 27.2 Å². The monoisotopic (exact) mass is 423 g/mol. The molecule has 0 saturated heterocycles. The van der Waals surface area contributed by atoms with Gasteiger partial charge in [-0.2, -0.15) is 0 Å². The van der Waals surface area contributed by atoms with Crippen LogP contribution in [0.1, 0.15) is 40.0 Å². The normalized spacial score (nSPS) is 16.3. The van der Waals surface area contributed by atoms with Gasteiger partial charge in [0.05, 0.1) is 0 Å². The molecule has 1 rings (SSSR count). The number of nitrogens with one attached hydrogen (secondary N) is 1. The van der Waals surface area contributed by atoms with Crippen LogP contribution in [0.15, 0.2) is 0 Å². The van der Waals surface area contributed by atoms with Crippen molar-refractivity contribution in [2.24, 2.45) is 5.41 Å². The summed E-state index contributed by atoms with van der Waals surface area (Å²) in [4.78, 5) is 0. The van der Waals surface area contributed by atoms with Gasteiger partial charge < -0.3 is 10.6 Å². The van der Waals surface area contributed by atoms with Crippen molar-refractivity contribution in [3.05, 3.63) is 5.32 Å². The van der Waals surface area contributed by atoms with E-state index in [0.717, 1.165) is 19.6 Å². The minimum atomic E-state index is 0. The Morgan fingerprint density at radius 3 is 2.21 bits per heavy atom. The van der Waals surface area contributed by atoms with E-state index in [9.17, 15) is 0 Å². The largest absolute Gasteiger partial charge is 0.662 e. The second-order valence-electron chi connectivity index (χ2n) is 3.64. The summed E-state index contributed by atoms with van der Waals surface area (Å²) in [7, 11) is 2.03. The third-order valence-corrected chi connectivity index (χ3v) is 2.34. The molecule has 0 radical (unpaired) electrons. The van der Waals surface area contributed by atoms with Crippen molar-refractivity contribution in [3.8, 4) is 0 Å². The van der Waals surface area contributed by atoms with Gasteiger partial charge in [-0.15, -0.1) is 13.1 Å². The molecule has 0 amide bonds. The molecule has 1 aliphatic rings. The molecule has 0 aromatic rings. The van der Waals surface area contributed by atoms with E-state index in [2.05, 4.69) is 17.6 Å². The Bertz CT molecular complexity index is 114. The van der Waals surface area contributed by atoms with E-state index in [-0.39, 0.29) is 31.1 Å². The second kappa shape index (κ2) is 10.5. The molecule has 14 heavy (non-hydrogen) atoms. The Balaban J connectivity index is 0. The summed E-state index contributed by atoms with van der Waals surface area (Å²) in [6.45, 7) is 9.47. The number of nitrogens with zero attached hydrogens (tertiary/aromatic N) is 1. The van der Waals surface area contributed by atoms with Crippen LogP contribution in [-0.4, -0.2) is 26.7 Å². The second-order valence-corrected chi connectivity index (χ2v) is 3.64. The third-order valence-electron chi connectivity index (χ3n) is 2.34. The molecule has 84 valence electrons. The van der Waals surface area contributed by atoms with Gasteiger partial charge in [0.15, 0.2) is 0 Å². The Morgan fingerprint density at radius 2 is 1.86 bits per heavy atom. The molecule has 0 spiro atoms. The molecular formula is C11H25N2U-. The molecule has 0 unspecified atom stereocenters. The van der Waals surface area contributed by atoms with Crippen LogP contribution >= 0.6 is 0 Å². The van der Waals surface area contributed by atoms with Crippen molar-refractivity contribution in [1.29, 1.82) is 0 Å². The van der Waals surface area contributed by atoms with Crippen molar-refractivity contribution in [2.45, 2.75) is 40.0 Å². The van der Waals surface area contributed by atoms with E-state index < -0.39 is 0 Å². The third kappa shape index (κ3) is 7.29. The summed E-state index contributed by atoms with van der Waals surface area (Å²) in [5.41, 5.74) is 0.573. The van der Waals surface area contributed by atoms with Gasteiger partial charge in [0, 0.05) is 31.1 Å². The predicted molar refractivity (Wildman–Crippen MR) is 60.3 cm³/mol. The van der Waals surface area contributed by atoms with Crippen LogP contribution in [0.25, 0.3) is 5.32 Å². The van der Waals surface area contributed by atoms with Crippen LogP contribution in [0.3, 0.4) is 0 Å². The van der Waals surface area contributed by atoms with Gasteiger partial charge in [-0.05, 0) is 31.8 Å². The summed E-state index contributed by atoms with van der Waals surface area (Å²) in [6.07, 6.45) is 3.94. The Hall–Kier alpha value is 0.972. The van der Waals surface area contributed by atoms with Crippen LogP contribution < -0.4 is 5.32 Å². The summed E-state index contributed by atoms with van der Waals surface area (Å²) < 4.78 is 0. The van der Waals surface area contributed by atoms with Gasteiger partial charge in [0.1, 0.15) is 0 Å². The first-order chi connectivity index (χ1) is 6.33. The van der Waals surface area contributed by atoms with Gasteiger partial charge >= 0.3 is 0 Å². The molecular weight excluding hydrogens is 398 g/mol. The fraction of sp³-hybridized carbons (Fsp3) is 1.00. The fourth-order valence-corrected chi connectivity index (χ4v) is 1.42. The number of hydrogen-bond acceptors (Lipinski definition) is 1. The molecule has 0 bridgehead atoms. The Labute approximate surface area is 113 Å². The molecule has 1 N–H and O–H groups in total. The van der Waals surface area contributed by atoms with E-state index in [1.54, 1.807) is 0 Å². The van der Waals surface area contributed by atoms with Crippen molar-refractivity contribution in [3.63, 3.8) is 0 Å². The van der Waals surface area contributed by atoms with Gasteiger partial charge in [0.2, 0.25) is 0 Å². The molecule has 0 heterocycles. The van der Waals surface area contributed by atoms with Gasteiger partial charge in [-0.25, -0.2) is 0 Å². The summed E-state index contributed by atoms with van der Waals surface area (Å²) in [5, 5.41) is 7.74. The van der Waals surface area contributed by atoms with Gasteiger partial charge in [0.25, 0.3) is 0 Å². The summed E-state index contributed by atoms with van der Waals surface area (Å²) in [6, 6.07) is 0. The van der Waals surface area contributed by atoms with E-state index in [4.69, 9.17) is 0 Å². The fourth-order valence-electron chi connectivity index (χ4n) is 1.42. The van der Waals surface area contributed by atoms with Crippen molar-refractivity contribution >= 4 is 0 Å². The van der Waals surface area contributed by atoms with Crippen molar-refractivity contribution in [1.82, 2.24) is 5.32 Å². The average Bonchev–Trinajstić information content (AvgIpc) is 2.90. The van der Waals surface area contributed by atoms with Crippen LogP contribution in [0.4, 0.5) is 0 Å². The van der Waals surface area contributed by atoms with Crippen LogP contribution in [0.5, 0.6) is 0 Å². The molecule has 0 aliphatic heterocycles. The standard InChI is InChI=1S/C9H19N2.C2H6.U/c1-3-6-11-8-9(4-5-9)7-10-2;1-2;/h10H,3-8H2,1-2H3;1-2H3;/q-1;;. The molecule has 0 aromatic carbocycles. The van der Waals surface area contributed by atoms with E-state index >= 15 is 0 Å². The summed E-state index contributed by atoms with van der Waals surface area (Å²) >= 11 is 0. The van der Waals surface area contributed by atoms with Crippen molar-refractivity contribution in [2.75, 3.05) is 26.7 Å². The quantitative estimate of drug-likeness (QED) is 0.654. The zero-order valence-corrected chi connectivity index (χ0v) is 14.4. The maximum absolute atomic E-state index is 4.50. The van der Waals surface area contributed by atoms with E-state index in [1.165, 1.54) is 19.3 Å². The molecule has 1 saturated carbocycles. The first-order valence-corrected chi connectivity index (χ1v) is 5.61. The minimum absolute atomic E-state index is 0. The molecule has 1 fully saturated rings. The van der Waals surface area contributed by atoms with Crippen LogP contribution in [-0.2, 0) is 0 Å². The molecule has 0 aromatic heterocycles. The topological polar surface area (TPSA) is 26.1 Å². The smallest absolute Gasteiger partial charge is 0 e. The van der Waals surface area contributed by atoms with Crippen LogP contribution in [0.2, 0.25) is 0 Å². The average molecular weight is 423 g/mol. The number of rotatable bonds is 6. The molecule has 0 atom stereocenters. The maximum Gasteiger partial charge on any atom is 0 e. The van der Waals surface area contributed by atoms with Crippen molar-refractivity contribution < 1.29 is 31.1 Å². The first-order valence-electron chi connectivity index (χ1n) is 5.61. The maximum atomic E-state index is 4.50. The SMILES string of the molecule is CC.CCC[N-]CC1(CNC)CC1.[U]. The molecule has 3 heteroatoms. The molecule has 1 aliphatic carbocycles. The Morgan fingerprint density at radius 1 is 1.29 bits per heavy atom. The summed E-state index contributed by atoms with van der Waals surface area (Å²) in [5.74, 6) is 0. The van der Waals surface area contributed by atoms with Crippen LogP contribution in [0, 0.1) is 36.5 Å².